The van der Waals surface area contributed by atoms with Crippen LogP contribution in [0.15, 0.2) is 47.6 Å². The van der Waals surface area contributed by atoms with E-state index >= 15 is 0 Å². The molecular formula is C16H14N2O2. The maximum atomic E-state index is 12.5. The van der Waals surface area contributed by atoms with Gasteiger partial charge in [-0.15, -0.1) is 0 Å². The molecule has 0 aromatic heterocycles. The highest BCUT2D eigenvalue weighted by Gasteiger charge is 2.52. The molecule has 100 valence electrons. The molecule has 0 radical (unpaired) electrons. The van der Waals surface area contributed by atoms with E-state index in [0.29, 0.717) is 12.8 Å². The van der Waals surface area contributed by atoms with Gasteiger partial charge < -0.3 is 9.64 Å². The van der Waals surface area contributed by atoms with E-state index in [2.05, 4.69) is 11.1 Å². The molecule has 20 heavy (non-hydrogen) atoms. The molecule has 1 atom stereocenters. The van der Waals surface area contributed by atoms with E-state index in [1.807, 2.05) is 41.5 Å². The first kappa shape index (κ1) is 11.5. The number of amidine groups is 1. The molecule has 0 fully saturated rings. The number of methoxy groups -OCH3 is 1. The Balaban J connectivity index is 1.77. The fourth-order valence-corrected chi connectivity index (χ4v) is 3.28. The van der Waals surface area contributed by atoms with Crippen LogP contribution in [0.25, 0.3) is 0 Å². The van der Waals surface area contributed by atoms with Gasteiger partial charge in [-0.1, -0.05) is 12.1 Å². The zero-order valence-electron chi connectivity index (χ0n) is 11.2. The van der Waals surface area contributed by atoms with E-state index in [9.17, 15) is 4.79 Å². The lowest BCUT2D eigenvalue weighted by Crippen LogP contribution is -2.49. The first-order chi connectivity index (χ1) is 9.73. The van der Waals surface area contributed by atoms with Gasteiger partial charge in [0.1, 0.15) is 17.1 Å². The summed E-state index contributed by atoms with van der Waals surface area (Å²) in [7, 11) is 1.66. The van der Waals surface area contributed by atoms with Crippen LogP contribution in [0.1, 0.15) is 11.1 Å². The van der Waals surface area contributed by atoms with E-state index in [-0.39, 0.29) is 5.91 Å². The maximum Gasteiger partial charge on any atom is 0.274 e. The van der Waals surface area contributed by atoms with Crippen LogP contribution < -0.4 is 4.74 Å². The van der Waals surface area contributed by atoms with Gasteiger partial charge in [0.25, 0.3) is 5.91 Å². The molecular weight excluding hydrogens is 252 g/mol. The van der Waals surface area contributed by atoms with Gasteiger partial charge in [0.15, 0.2) is 0 Å². The standard InChI is InChI=1S/C16H14N2O2/c1-20-13-6-5-11-9-16(10-12(11)8-13)15(19)17-14-4-2-3-7-18(14)16/h2-8H,9-10H2,1H3. The molecule has 2 heterocycles. The summed E-state index contributed by atoms with van der Waals surface area (Å²) >= 11 is 0. The highest BCUT2D eigenvalue weighted by Crippen LogP contribution is 2.41. The number of rotatable bonds is 1. The highest BCUT2D eigenvalue weighted by molar-refractivity contribution is 6.12. The molecule has 0 saturated carbocycles. The molecule has 3 aliphatic rings. The van der Waals surface area contributed by atoms with E-state index in [0.717, 1.165) is 11.6 Å². The molecule has 0 saturated heterocycles. The Bertz CT molecular complexity index is 702. The molecule has 0 N–H and O–H groups in total. The minimum atomic E-state index is -0.564. The minimum Gasteiger partial charge on any atom is -0.497 e. The number of hydrogen-bond donors (Lipinski definition) is 0. The lowest BCUT2D eigenvalue weighted by Gasteiger charge is -2.32. The van der Waals surface area contributed by atoms with Gasteiger partial charge in [0.2, 0.25) is 0 Å². The lowest BCUT2D eigenvalue weighted by molar-refractivity contribution is -0.124. The van der Waals surface area contributed by atoms with Gasteiger partial charge >= 0.3 is 0 Å². The summed E-state index contributed by atoms with van der Waals surface area (Å²) in [4.78, 5) is 18.7. The van der Waals surface area contributed by atoms with Crippen molar-refractivity contribution >= 4 is 11.7 Å². The average Bonchev–Trinajstić information content (AvgIpc) is 2.98. The summed E-state index contributed by atoms with van der Waals surface area (Å²) < 4.78 is 5.27. The van der Waals surface area contributed by atoms with Crippen LogP contribution in [-0.2, 0) is 17.6 Å². The van der Waals surface area contributed by atoms with Crippen LogP contribution in [0.4, 0.5) is 0 Å². The Morgan fingerprint density at radius 2 is 2.10 bits per heavy atom. The minimum absolute atomic E-state index is 0.0427. The number of ether oxygens (including phenoxy) is 1. The number of carbonyl (C=O) groups excluding carboxylic acids is 1. The summed E-state index contributed by atoms with van der Waals surface area (Å²) in [6.45, 7) is 0. The van der Waals surface area contributed by atoms with Gasteiger partial charge in [0.05, 0.1) is 7.11 Å². The van der Waals surface area contributed by atoms with Crippen LogP contribution >= 0.6 is 0 Å². The van der Waals surface area contributed by atoms with Gasteiger partial charge in [0, 0.05) is 19.0 Å². The quantitative estimate of drug-likeness (QED) is 0.779. The second kappa shape index (κ2) is 3.82. The summed E-state index contributed by atoms with van der Waals surface area (Å²) in [5.41, 5.74) is 1.82. The van der Waals surface area contributed by atoms with Crippen LogP contribution in [0, 0.1) is 0 Å². The smallest absolute Gasteiger partial charge is 0.274 e. The number of aliphatic imine (C=N–C) groups is 1. The van der Waals surface area contributed by atoms with Crippen molar-refractivity contribution in [1.29, 1.82) is 0 Å². The number of carbonyl (C=O) groups is 1. The number of fused-ring (bicyclic) bond motifs is 3. The summed E-state index contributed by atoms with van der Waals surface area (Å²) in [6, 6.07) is 6.03. The largest absolute Gasteiger partial charge is 0.497 e. The van der Waals surface area contributed by atoms with Crippen molar-refractivity contribution in [3.63, 3.8) is 0 Å². The van der Waals surface area contributed by atoms with Crippen LogP contribution in [0.5, 0.6) is 5.75 Å². The third-order valence-corrected chi connectivity index (χ3v) is 4.29. The molecule has 1 aliphatic carbocycles. The molecule has 4 heteroatoms. The number of nitrogens with zero attached hydrogens (tertiary/aromatic N) is 2. The zero-order valence-corrected chi connectivity index (χ0v) is 11.2. The predicted molar refractivity (Wildman–Crippen MR) is 75.7 cm³/mol. The van der Waals surface area contributed by atoms with Crippen molar-refractivity contribution in [3.8, 4) is 5.75 Å². The number of allylic oxidation sites excluding steroid dienone is 2. The Hall–Kier alpha value is -2.36. The monoisotopic (exact) mass is 266 g/mol. The van der Waals surface area contributed by atoms with Crippen LogP contribution in [0.3, 0.4) is 0 Å². The Kier molecular flexibility index (Phi) is 2.19. The van der Waals surface area contributed by atoms with E-state index < -0.39 is 5.54 Å². The van der Waals surface area contributed by atoms with Crippen LogP contribution in [-0.4, -0.2) is 29.3 Å². The van der Waals surface area contributed by atoms with Crippen molar-refractivity contribution in [2.24, 2.45) is 4.99 Å². The molecule has 1 unspecified atom stereocenters. The van der Waals surface area contributed by atoms with E-state index in [4.69, 9.17) is 4.74 Å². The molecule has 2 aliphatic heterocycles. The maximum absolute atomic E-state index is 12.5. The van der Waals surface area contributed by atoms with Crippen LogP contribution in [0.2, 0.25) is 0 Å². The third kappa shape index (κ3) is 1.36. The van der Waals surface area contributed by atoms with E-state index in [1.54, 1.807) is 7.11 Å². The second-order valence-electron chi connectivity index (χ2n) is 5.37. The molecule has 1 aromatic rings. The first-order valence-corrected chi connectivity index (χ1v) is 6.66. The van der Waals surface area contributed by atoms with Crippen molar-refractivity contribution in [2.45, 2.75) is 18.4 Å². The lowest BCUT2D eigenvalue weighted by atomic mass is 9.93. The number of amides is 1. The van der Waals surface area contributed by atoms with Crippen molar-refractivity contribution < 1.29 is 9.53 Å². The van der Waals surface area contributed by atoms with Gasteiger partial charge in [-0.25, -0.2) is 0 Å². The van der Waals surface area contributed by atoms with Gasteiger partial charge in [-0.3, -0.25) is 4.79 Å². The topological polar surface area (TPSA) is 41.9 Å². The summed E-state index contributed by atoms with van der Waals surface area (Å²) in [5.74, 6) is 1.54. The molecule has 1 aromatic carbocycles. The highest BCUT2D eigenvalue weighted by atomic mass is 16.5. The number of benzene rings is 1. The molecule has 0 bridgehead atoms. The van der Waals surface area contributed by atoms with E-state index in [1.165, 1.54) is 11.1 Å². The SMILES string of the molecule is COc1ccc2c(c1)CC1(C2)C(=O)N=C2C=CC=CN21. The normalized spacial score (nSPS) is 25.9. The first-order valence-electron chi connectivity index (χ1n) is 6.66. The molecule has 1 spiro atoms. The third-order valence-electron chi connectivity index (χ3n) is 4.29. The second-order valence-corrected chi connectivity index (χ2v) is 5.37. The molecule has 4 rings (SSSR count). The Morgan fingerprint density at radius 1 is 1.25 bits per heavy atom. The fraction of sp³-hybridized carbons (Fsp3) is 0.250. The summed E-state index contributed by atoms with van der Waals surface area (Å²) in [6.07, 6.45) is 9.08. The number of hydrogen-bond acceptors (Lipinski definition) is 3. The van der Waals surface area contributed by atoms with Crippen molar-refractivity contribution in [1.82, 2.24) is 4.90 Å². The van der Waals surface area contributed by atoms with Gasteiger partial charge in [-0.05, 0) is 35.4 Å². The van der Waals surface area contributed by atoms with Gasteiger partial charge in [-0.2, -0.15) is 4.99 Å². The Morgan fingerprint density at radius 3 is 2.95 bits per heavy atom. The fourth-order valence-electron chi connectivity index (χ4n) is 3.28. The molecule has 1 amide bonds. The van der Waals surface area contributed by atoms with Crippen molar-refractivity contribution in [2.75, 3.05) is 7.11 Å². The molecule has 4 nitrogen and oxygen atoms in total. The average molecular weight is 266 g/mol. The van der Waals surface area contributed by atoms with Crippen molar-refractivity contribution in [3.05, 3.63) is 53.8 Å². The Labute approximate surface area is 117 Å². The predicted octanol–water partition coefficient (Wildman–Crippen LogP) is 1.86. The summed E-state index contributed by atoms with van der Waals surface area (Å²) in [5, 5.41) is 0. The zero-order chi connectivity index (χ0) is 13.7.